The molecule has 102 valence electrons. The number of ether oxygens (including phenoxy) is 1. The van der Waals surface area contributed by atoms with E-state index in [0.717, 1.165) is 11.3 Å². The van der Waals surface area contributed by atoms with E-state index in [1.165, 1.54) is 6.07 Å². The first-order valence-electron chi connectivity index (χ1n) is 6.25. The van der Waals surface area contributed by atoms with Gasteiger partial charge in [0.25, 0.3) is 0 Å². The maximum atomic E-state index is 13.8. The molecule has 0 unspecified atom stereocenters. The van der Waals surface area contributed by atoms with E-state index in [2.05, 4.69) is 5.32 Å². The molecular weight excluding hydrogens is 255 g/mol. The van der Waals surface area contributed by atoms with Crippen LogP contribution in [0.15, 0.2) is 42.5 Å². The van der Waals surface area contributed by atoms with Gasteiger partial charge in [-0.2, -0.15) is 5.26 Å². The second-order valence-electron chi connectivity index (χ2n) is 4.34. The second kappa shape index (κ2) is 6.69. The Labute approximate surface area is 117 Å². The number of nitriles is 1. The van der Waals surface area contributed by atoms with Crippen LogP contribution in [0.3, 0.4) is 0 Å². The standard InChI is InChI=1S/C16H15FN2O/c1-20-15-7-5-12(6-8-15)10-19-11-14-4-2-3-13(9-18)16(14)17/h2-8,19H,10-11H2,1H3. The van der Waals surface area contributed by atoms with Crippen LogP contribution in [-0.4, -0.2) is 7.11 Å². The number of rotatable bonds is 5. The van der Waals surface area contributed by atoms with Crippen molar-refractivity contribution in [1.82, 2.24) is 5.32 Å². The third-order valence-electron chi connectivity index (χ3n) is 3.00. The molecule has 0 bridgehead atoms. The summed E-state index contributed by atoms with van der Waals surface area (Å²) in [5, 5.41) is 11.9. The monoisotopic (exact) mass is 270 g/mol. The Kier molecular flexibility index (Phi) is 4.70. The van der Waals surface area contributed by atoms with Gasteiger partial charge < -0.3 is 10.1 Å². The molecule has 2 aromatic rings. The van der Waals surface area contributed by atoms with E-state index in [1.807, 2.05) is 30.3 Å². The molecule has 2 aromatic carbocycles. The maximum absolute atomic E-state index is 13.8. The fourth-order valence-electron chi connectivity index (χ4n) is 1.89. The van der Waals surface area contributed by atoms with E-state index in [-0.39, 0.29) is 5.56 Å². The molecule has 1 N–H and O–H groups in total. The topological polar surface area (TPSA) is 45.0 Å². The third kappa shape index (κ3) is 3.34. The fourth-order valence-corrected chi connectivity index (χ4v) is 1.89. The molecule has 2 rings (SSSR count). The Hall–Kier alpha value is -2.38. The zero-order valence-electron chi connectivity index (χ0n) is 11.2. The lowest BCUT2D eigenvalue weighted by Gasteiger charge is -2.07. The molecule has 0 amide bonds. The van der Waals surface area contributed by atoms with E-state index >= 15 is 0 Å². The van der Waals surface area contributed by atoms with Crippen LogP contribution < -0.4 is 10.1 Å². The zero-order chi connectivity index (χ0) is 14.4. The highest BCUT2D eigenvalue weighted by atomic mass is 19.1. The molecule has 0 spiro atoms. The van der Waals surface area contributed by atoms with Crippen molar-refractivity contribution in [3.05, 3.63) is 65.0 Å². The summed E-state index contributed by atoms with van der Waals surface area (Å²) in [5.74, 6) is 0.360. The average molecular weight is 270 g/mol. The summed E-state index contributed by atoms with van der Waals surface area (Å²) in [6.45, 7) is 1.01. The molecule has 3 nitrogen and oxygen atoms in total. The van der Waals surface area contributed by atoms with Crippen molar-refractivity contribution in [2.24, 2.45) is 0 Å². The van der Waals surface area contributed by atoms with Crippen LogP contribution in [0.5, 0.6) is 5.75 Å². The first-order valence-corrected chi connectivity index (χ1v) is 6.25. The van der Waals surface area contributed by atoms with Crippen LogP contribution in [0.1, 0.15) is 16.7 Å². The van der Waals surface area contributed by atoms with Crippen molar-refractivity contribution in [2.75, 3.05) is 7.11 Å². The summed E-state index contributed by atoms with van der Waals surface area (Å²) in [4.78, 5) is 0. The molecular formula is C16H15FN2O. The summed E-state index contributed by atoms with van der Waals surface area (Å²) in [6.07, 6.45) is 0. The molecule has 0 radical (unpaired) electrons. The summed E-state index contributed by atoms with van der Waals surface area (Å²) < 4.78 is 18.9. The Morgan fingerprint density at radius 2 is 1.90 bits per heavy atom. The SMILES string of the molecule is COc1ccc(CNCc2cccc(C#N)c2F)cc1. The first kappa shape index (κ1) is 14.0. The molecule has 4 heteroatoms. The lowest BCUT2D eigenvalue weighted by molar-refractivity contribution is 0.414. The Balaban J connectivity index is 1.94. The summed E-state index contributed by atoms with van der Waals surface area (Å²) in [5.41, 5.74) is 1.66. The number of benzene rings is 2. The largest absolute Gasteiger partial charge is 0.497 e. The number of hydrogen-bond donors (Lipinski definition) is 1. The first-order chi connectivity index (χ1) is 9.74. The van der Waals surface area contributed by atoms with Gasteiger partial charge in [-0.15, -0.1) is 0 Å². The van der Waals surface area contributed by atoms with Crippen molar-refractivity contribution in [3.8, 4) is 11.8 Å². The minimum atomic E-state index is -0.447. The normalized spacial score (nSPS) is 10.1. The molecule has 0 atom stereocenters. The van der Waals surface area contributed by atoms with Crippen LogP contribution in [0.25, 0.3) is 0 Å². The molecule has 0 aliphatic carbocycles. The van der Waals surface area contributed by atoms with Gasteiger partial charge in [-0.05, 0) is 23.8 Å². The predicted octanol–water partition coefficient (Wildman–Crippen LogP) is 3.00. The number of hydrogen-bond acceptors (Lipinski definition) is 3. The van der Waals surface area contributed by atoms with E-state index in [0.29, 0.717) is 18.7 Å². The van der Waals surface area contributed by atoms with Crippen molar-refractivity contribution in [1.29, 1.82) is 5.26 Å². The fraction of sp³-hybridized carbons (Fsp3) is 0.188. The molecule has 0 aliphatic rings. The minimum absolute atomic E-state index is 0.0775. The van der Waals surface area contributed by atoms with Crippen molar-refractivity contribution in [3.63, 3.8) is 0 Å². The van der Waals surface area contributed by atoms with Gasteiger partial charge in [-0.25, -0.2) is 4.39 Å². The molecule has 0 saturated heterocycles. The van der Waals surface area contributed by atoms with Crippen LogP contribution in [0.2, 0.25) is 0 Å². The highest BCUT2D eigenvalue weighted by molar-refractivity contribution is 5.35. The van der Waals surface area contributed by atoms with Gasteiger partial charge in [0, 0.05) is 18.7 Å². The van der Waals surface area contributed by atoms with Gasteiger partial charge in [0.1, 0.15) is 17.6 Å². The zero-order valence-corrected chi connectivity index (χ0v) is 11.2. The molecule has 0 saturated carbocycles. The third-order valence-corrected chi connectivity index (χ3v) is 3.00. The molecule has 20 heavy (non-hydrogen) atoms. The number of nitrogens with zero attached hydrogens (tertiary/aromatic N) is 1. The van der Waals surface area contributed by atoms with Crippen molar-refractivity contribution >= 4 is 0 Å². The maximum Gasteiger partial charge on any atom is 0.145 e. The lowest BCUT2D eigenvalue weighted by atomic mass is 10.1. The number of methoxy groups -OCH3 is 1. The highest BCUT2D eigenvalue weighted by Crippen LogP contribution is 2.13. The minimum Gasteiger partial charge on any atom is -0.497 e. The summed E-state index contributed by atoms with van der Waals surface area (Å²) in [7, 11) is 1.62. The number of nitrogens with one attached hydrogen (secondary N) is 1. The van der Waals surface area contributed by atoms with Crippen LogP contribution >= 0.6 is 0 Å². The van der Waals surface area contributed by atoms with Crippen LogP contribution in [-0.2, 0) is 13.1 Å². The van der Waals surface area contributed by atoms with Gasteiger partial charge >= 0.3 is 0 Å². The van der Waals surface area contributed by atoms with Crippen molar-refractivity contribution in [2.45, 2.75) is 13.1 Å². The molecule has 0 aliphatic heterocycles. The van der Waals surface area contributed by atoms with E-state index in [9.17, 15) is 4.39 Å². The predicted molar refractivity (Wildman–Crippen MR) is 74.7 cm³/mol. The Bertz CT molecular complexity index is 617. The smallest absolute Gasteiger partial charge is 0.145 e. The Morgan fingerprint density at radius 3 is 2.55 bits per heavy atom. The quantitative estimate of drug-likeness (QED) is 0.908. The summed E-state index contributed by atoms with van der Waals surface area (Å²) >= 11 is 0. The molecule has 0 fully saturated rings. The molecule has 0 heterocycles. The van der Waals surface area contributed by atoms with Gasteiger partial charge in [0.05, 0.1) is 12.7 Å². The van der Waals surface area contributed by atoms with E-state index < -0.39 is 5.82 Å². The van der Waals surface area contributed by atoms with Gasteiger partial charge in [-0.3, -0.25) is 0 Å². The van der Waals surface area contributed by atoms with E-state index in [1.54, 1.807) is 19.2 Å². The average Bonchev–Trinajstić information content (AvgIpc) is 2.49. The Morgan fingerprint density at radius 1 is 1.15 bits per heavy atom. The van der Waals surface area contributed by atoms with Crippen molar-refractivity contribution < 1.29 is 9.13 Å². The van der Waals surface area contributed by atoms with Crippen LogP contribution in [0, 0.1) is 17.1 Å². The van der Waals surface area contributed by atoms with Crippen LogP contribution in [0.4, 0.5) is 4.39 Å². The number of halogens is 1. The van der Waals surface area contributed by atoms with E-state index in [4.69, 9.17) is 10.00 Å². The highest BCUT2D eigenvalue weighted by Gasteiger charge is 2.06. The lowest BCUT2D eigenvalue weighted by Crippen LogP contribution is -2.14. The summed E-state index contributed by atoms with van der Waals surface area (Å²) in [6, 6.07) is 14.3. The van der Waals surface area contributed by atoms with Gasteiger partial charge in [-0.1, -0.05) is 24.3 Å². The van der Waals surface area contributed by atoms with Gasteiger partial charge in [0.15, 0.2) is 0 Å². The van der Waals surface area contributed by atoms with Gasteiger partial charge in [0.2, 0.25) is 0 Å². The molecule has 0 aromatic heterocycles. The second-order valence-corrected chi connectivity index (χ2v) is 4.34.